The number of aliphatic imine (C=N–C) groups is 1. The molecule has 9 nitrogen and oxygen atoms in total. The third-order valence-electron chi connectivity index (χ3n) is 5.16. The first-order valence-corrected chi connectivity index (χ1v) is 10.5. The Morgan fingerprint density at radius 2 is 2.06 bits per heavy atom. The Balaban J connectivity index is 1.72. The van der Waals surface area contributed by atoms with Crippen LogP contribution in [0.1, 0.15) is 31.4 Å². The van der Waals surface area contributed by atoms with Crippen LogP contribution in [0.15, 0.2) is 35.8 Å². The summed E-state index contributed by atoms with van der Waals surface area (Å²) in [7, 11) is 1.62. The van der Waals surface area contributed by atoms with E-state index in [1.807, 2.05) is 19.9 Å². The molecule has 0 spiro atoms. The third kappa shape index (κ3) is 4.19. The van der Waals surface area contributed by atoms with Gasteiger partial charge in [-0.3, -0.25) is 4.99 Å². The molecule has 0 bridgehead atoms. The number of hydrogen-bond acceptors (Lipinski definition) is 10. The molecular weight excluding hydrogens is 431 g/mol. The van der Waals surface area contributed by atoms with Crippen LogP contribution >= 0.6 is 11.8 Å². The summed E-state index contributed by atoms with van der Waals surface area (Å²) in [4.78, 5) is 21.2. The van der Waals surface area contributed by atoms with Crippen molar-refractivity contribution in [1.29, 1.82) is 5.26 Å². The van der Waals surface area contributed by atoms with Crippen molar-refractivity contribution in [2.75, 3.05) is 19.0 Å². The number of ether oxygens (including phenoxy) is 1. The summed E-state index contributed by atoms with van der Waals surface area (Å²) in [5, 5.41) is 12.6. The number of fused-ring (bicyclic) bond motifs is 1. The largest absolute Gasteiger partial charge is 0.383 e. The number of thioether (sulfide) groups is 1. The van der Waals surface area contributed by atoms with Crippen LogP contribution in [0.25, 0.3) is 11.0 Å². The van der Waals surface area contributed by atoms with E-state index in [9.17, 15) is 4.39 Å². The first kappa shape index (κ1) is 21.9. The zero-order valence-electron chi connectivity index (χ0n) is 17.8. The zero-order chi connectivity index (χ0) is 22.9. The van der Waals surface area contributed by atoms with Gasteiger partial charge in [0.05, 0.1) is 35.1 Å². The van der Waals surface area contributed by atoms with Crippen LogP contribution in [-0.2, 0) is 10.3 Å². The predicted molar refractivity (Wildman–Crippen MR) is 121 cm³/mol. The summed E-state index contributed by atoms with van der Waals surface area (Å²) in [6.45, 7) is 4.30. The maximum Gasteiger partial charge on any atom is 0.218 e. The third-order valence-corrected chi connectivity index (χ3v) is 6.22. The number of aromatic nitrogens is 4. The first-order chi connectivity index (χ1) is 15.2. The molecule has 3 aromatic heterocycles. The highest BCUT2D eigenvalue weighted by molar-refractivity contribution is 8.15. The van der Waals surface area contributed by atoms with Crippen LogP contribution < -0.4 is 11.1 Å². The lowest BCUT2D eigenvalue weighted by Gasteiger charge is -2.40. The second-order valence-electron chi connectivity index (χ2n) is 8.00. The molecule has 1 aliphatic heterocycles. The van der Waals surface area contributed by atoms with Gasteiger partial charge in [0.1, 0.15) is 17.9 Å². The molecule has 0 amide bonds. The number of amidine groups is 1. The number of nitrogens with one attached hydrogen (secondary N) is 1. The average Bonchev–Trinajstić information content (AvgIpc) is 2.73. The number of rotatable bonds is 5. The topological polar surface area (TPSA) is 135 Å². The minimum Gasteiger partial charge on any atom is -0.383 e. The maximum atomic E-state index is 14.9. The van der Waals surface area contributed by atoms with E-state index < -0.39 is 11.5 Å². The van der Waals surface area contributed by atoms with Gasteiger partial charge in [0.15, 0.2) is 11.0 Å². The summed E-state index contributed by atoms with van der Waals surface area (Å²) in [6, 6.07) is 5.31. The van der Waals surface area contributed by atoms with Crippen LogP contribution in [0.2, 0.25) is 0 Å². The lowest BCUT2D eigenvalue weighted by molar-refractivity contribution is 0.157. The first-order valence-electron chi connectivity index (χ1n) is 9.72. The van der Waals surface area contributed by atoms with E-state index in [0.29, 0.717) is 51.9 Å². The number of hydrogen-bond donors (Lipinski definition) is 2. The highest BCUT2D eigenvalue weighted by Crippen LogP contribution is 2.46. The van der Waals surface area contributed by atoms with Crippen molar-refractivity contribution >= 4 is 39.5 Å². The van der Waals surface area contributed by atoms with Crippen LogP contribution in [-0.4, -0.2) is 43.6 Å². The molecule has 4 heterocycles. The van der Waals surface area contributed by atoms with Gasteiger partial charge >= 0.3 is 0 Å². The minimum absolute atomic E-state index is 0.311. The van der Waals surface area contributed by atoms with Crippen molar-refractivity contribution in [2.45, 2.75) is 30.6 Å². The van der Waals surface area contributed by atoms with Crippen molar-refractivity contribution in [1.82, 2.24) is 19.9 Å². The van der Waals surface area contributed by atoms with Gasteiger partial charge in [-0.2, -0.15) is 9.65 Å². The van der Waals surface area contributed by atoms with Gasteiger partial charge < -0.3 is 15.8 Å². The van der Waals surface area contributed by atoms with Crippen molar-refractivity contribution in [2.24, 2.45) is 10.7 Å². The molecule has 0 radical (unpaired) electrons. The van der Waals surface area contributed by atoms with Gasteiger partial charge in [-0.05, 0) is 32.4 Å². The number of anilines is 2. The molecule has 4 rings (SSSR count). The zero-order valence-corrected chi connectivity index (χ0v) is 18.6. The molecule has 3 aromatic rings. The highest BCUT2D eigenvalue weighted by atomic mass is 32.2. The van der Waals surface area contributed by atoms with Crippen LogP contribution in [0.4, 0.5) is 15.9 Å². The molecule has 0 aliphatic carbocycles. The molecule has 11 heteroatoms. The molecule has 0 aromatic carbocycles. The maximum absolute atomic E-state index is 14.9. The number of nitrogens with zero attached hydrogens (tertiary/aromatic N) is 6. The highest BCUT2D eigenvalue weighted by Gasteiger charge is 2.43. The van der Waals surface area contributed by atoms with Crippen molar-refractivity contribution in [3.8, 4) is 6.07 Å². The van der Waals surface area contributed by atoms with Crippen LogP contribution in [0.5, 0.6) is 0 Å². The van der Waals surface area contributed by atoms with Crippen molar-refractivity contribution in [3.05, 3.63) is 47.9 Å². The van der Waals surface area contributed by atoms with Crippen LogP contribution in [0.3, 0.4) is 0 Å². The fraction of sp³-hybridized carbons (Fsp3) is 0.333. The normalized spacial score (nSPS) is 22.9. The predicted octanol–water partition coefficient (Wildman–Crippen LogP) is 3.25. The standard InChI is InChI=1S/C21H21FN8OS/c1-20(10-31-3)9-21(2,30-19(24)32-20)14-5-13(8-26-17(14)22)29-18-16-15(27-11-28-18)4-12(6-23)7-25-16/h4-5,7-8,11H,9-10H2,1-3H3,(H2,24,30)(H,27,28,29)/t20-,21+/m1/s1. The number of nitrogens with two attached hydrogens (primary N) is 1. The van der Waals surface area contributed by atoms with Gasteiger partial charge in [-0.1, -0.05) is 11.8 Å². The summed E-state index contributed by atoms with van der Waals surface area (Å²) < 4.78 is 19.9. The summed E-state index contributed by atoms with van der Waals surface area (Å²) in [6.07, 6.45) is 4.70. The molecule has 0 fully saturated rings. The molecule has 0 saturated carbocycles. The molecule has 164 valence electrons. The summed E-state index contributed by atoms with van der Waals surface area (Å²) >= 11 is 1.42. The van der Waals surface area contributed by atoms with E-state index >= 15 is 0 Å². The summed E-state index contributed by atoms with van der Waals surface area (Å²) in [5.41, 5.74) is 7.38. The van der Waals surface area contributed by atoms with E-state index in [1.54, 1.807) is 19.2 Å². The monoisotopic (exact) mass is 452 g/mol. The second kappa shape index (κ2) is 8.29. The Morgan fingerprint density at radius 3 is 2.81 bits per heavy atom. The smallest absolute Gasteiger partial charge is 0.218 e. The second-order valence-corrected chi connectivity index (χ2v) is 9.61. The Kier molecular flexibility index (Phi) is 5.66. The van der Waals surface area contributed by atoms with E-state index in [4.69, 9.17) is 15.7 Å². The minimum atomic E-state index is -0.926. The van der Waals surface area contributed by atoms with Gasteiger partial charge in [0.25, 0.3) is 0 Å². The van der Waals surface area contributed by atoms with Crippen LogP contribution in [0, 0.1) is 17.3 Å². The number of methoxy groups -OCH3 is 1. The van der Waals surface area contributed by atoms with E-state index in [0.717, 1.165) is 0 Å². The van der Waals surface area contributed by atoms with E-state index in [-0.39, 0.29) is 4.75 Å². The molecule has 32 heavy (non-hydrogen) atoms. The quantitative estimate of drug-likeness (QED) is 0.559. The fourth-order valence-corrected chi connectivity index (χ4v) is 5.27. The fourth-order valence-electron chi connectivity index (χ4n) is 3.99. The molecule has 1 aliphatic rings. The SMILES string of the molecule is COC[C@@]1(C)C[C@@](C)(c2cc(Nc3ncnc4cc(C#N)cnc34)cnc2F)N=C(N)S1. The van der Waals surface area contributed by atoms with Gasteiger partial charge in [0.2, 0.25) is 5.95 Å². The average molecular weight is 453 g/mol. The van der Waals surface area contributed by atoms with E-state index in [2.05, 4.69) is 30.2 Å². The Labute approximate surface area is 188 Å². The van der Waals surface area contributed by atoms with Gasteiger partial charge in [-0.15, -0.1) is 0 Å². The van der Waals surface area contributed by atoms with Gasteiger partial charge in [0, 0.05) is 23.6 Å². The molecule has 3 N–H and O–H groups in total. The lowest BCUT2D eigenvalue weighted by atomic mass is 9.84. The number of pyridine rings is 2. The number of halogens is 1. The molecular formula is C21H21FN8OS. The lowest BCUT2D eigenvalue weighted by Crippen LogP contribution is -2.43. The molecule has 2 atom stereocenters. The summed E-state index contributed by atoms with van der Waals surface area (Å²) in [5.74, 6) is -0.207. The van der Waals surface area contributed by atoms with E-state index in [1.165, 1.54) is 30.5 Å². The van der Waals surface area contributed by atoms with Crippen molar-refractivity contribution < 1.29 is 9.13 Å². The van der Waals surface area contributed by atoms with Gasteiger partial charge in [-0.25, -0.2) is 19.9 Å². The Bertz CT molecular complexity index is 1260. The Morgan fingerprint density at radius 1 is 1.25 bits per heavy atom. The molecule has 0 saturated heterocycles. The number of nitriles is 1. The van der Waals surface area contributed by atoms with Crippen molar-refractivity contribution in [3.63, 3.8) is 0 Å². The molecule has 0 unspecified atom stereocenters. The Hall–Kier alpha value is -3.36.